The van der Waals surface area contributed by atoms with Gasteiger partial charge in [-0.2, -0.15) is 5.10 Å². The summed E-state index contributed by atoms with van der Waals surface area (Å²) in [5.41, 5.74) is 0. The van der Waals surface area contributed by atoms with Gasteiger partial charge in [0.1, 0.15) is 6.04 Å². The summed E-state index contributed by atoms with van der Waals surface area (Å²) in [4.78, 5) is 21.9. The first-order chi connectivity index (χ1) is 8.11. The average Bonchev–Trinajstić information content (AvgIpc) is 2.80. The molecule has 1 amide bonds. The predicted octanol–water partition coefficient (Wildman–Crippen LogP) is 0.815. The van der Waals surface area contributed by atoms with E-state index in [2.05, 4.69) is 10.4 Å². The molecule has 6 heteroatoms. The van der Waals surface area contributed by atoms with E-state index in [1.54, 1.807) is 30.1 Å². The number of carbonyl (C=O) groups is 2. The van der Waals surface area contributed by atoms with E-state index in [1.165, 1.54) is 0 Å². The van der Waals surface area contributed by atoms with E-state index in [0.717, 1.165) is 0 Å². The van der Waals surface area contributed by atoms with Crippen LogP contribution < -0.4 is 5.32 Å². The Morgan fingerprint density at radius 1 is 1.47 bits per heavy atom. The Balaban J connectivity index is 2.19. The molecule has 0 bridgehead atoms. The van der Waals surface area contributed by atoms with Crippen LogP contribution in [0.4, 0.5) is 0 Å². The molecule has 1 rings (SSSR count). The fourth-order valence-electron chi connectivity index (χ4n) is 1.39. The molecule has 0 aliphatic heterocycles. The molecule has 2 N–H and O–H groups in total. The average molecular weight is 239 g/mol. The van der Waals surface area contributed by atoms with E-state index in [0.29, 0.717) is 19.4 Å². The second-order valence-electron chi connectivity index (χ2n) is 3.80. The fraction of sp³-hybridized carbons (Fsp3) is 0.545. The lowest BCUT2D eigenvalue weighted by Gasteiger charge is -2.12. The van der Waals surface area contributed by atoms with E-state index in [4.69, 9.17) is 5.11 Å². The van der Waals surface area contributed by atoms with Gasteiger partial charge < -0.3 is 10.4 Å². The van der Waals surface area contributed by atoms with E-state index in [9.17, 15) is 9.59 Å². The van der Waals surface area contributed by atoms with Crippen LogP contribution in [0.15, 0.2) is 18.5 Å². The lowest BCUT2D eigenvalue weighted by molar-refractivity contribution is -0.137. The Bertz CT molecular complexity index is 362. The van der Waals surface area contributed by atoms with Crippen LogP contribution in [0.1, 0.15) is 32.2 Å². The summed E-state index contributed by atoms with van der Waals surface area (Å²) in [5.74, 6) is -0.912. The molecule has 1 heterocycles. The predicted molar refractivity (Wildman–Crippen MR) is 61.4 cm³/mol. The molecule has 0 saturated heterocycles. The van der Waals surface area contributed by atoms with Crippen molar-refractivity contribution in [3.05, 3.63) is 18.5 Å². The number of nitrogens with zero attached hydrogens (tertiary/aromatic N) is 2. The Morgan fingerprint density at radius 3 is 2.82 bits per heavy atom. The summed E-state index contributed by atoms with van der Waals surface area (Å²) in [7, 11) is 0. The third-order valence-electron chi connectivity index (χ3n) is 2.42. The van der Waals surface area contributed by atoms with Gasteiger partial charge in [-0.3, -0.25) is 14.3 Å². The molecule has 6 nitrogen and oxygen atoms in total. The molecule has 0 spiro atoms. The van der Waals surface area contributed by atoms with Gasteiger partial charge in [0.25, 0.3) is 0 Å². The maximum absolute atomic E-state index is 11.7. The minimum atomic E-state index is -0.804. The smallest absolute Gasteiger partial charge is 0.303 e. The number of nitrogens with one attached hydrogen (secondary N) is 1. The molecule has 0 radical (unpaired) electrons. The van der Waals surface area contributed by atoms with Gasteiger partial charge in [-0.25, -0.2) is 0 Å². The summed E-state index contributed by atoms with van der Waals surface area (Å²) in [6, 6.07) is 1.42. The maximum atomic E-state index is 11.7. The zero-order chi connectivity index (χ0) is 12.7. The molecule has 1 unspecified atom stereocenters. The fourth-order valence-corrected chi connectivity index (χ4v) is 1.39. The Hall–Kier alpha value is -1.85. The van der Waals surface area contributed by atoms with Gasteiger partial charge in [-0.05, 0) is 25.8 Å². The zero-order valence-corrected chi connectivity index (χ0v) is 9.80. The molecule has 94 valence electrons. The van der Waals surface area contributed by atoms with Crippen molar-refractivity contribution in [2.75, 3.05) is 6.54 Å². The van der Waals surface area contributed by atoms with Crippen LogP contribution in [0.5, 0.6) is 0 Å². The molecule has 1 atom stereocenters. The van der Waals surface area contributed by atoms with Crippen LogP contribution in [0.25, 0.3) is 0 Å². The molecule has 1 aromatic heterocycles. The standard InChI is InChI=1S/C11H17N3O3/c1-9(14-8-4-7-13-14)11(17)12-6-3-2-5-10(15)16/h4,7-9H,2-3,5-6H2,1H3,(H,12,17)(H,15,16). The molecule has 0 fully saturated rings. The zero-order valence-electron chi connectivity index (χ0n) is 9.80. The number of carbonyl (C=O) groups excluding carboxylic acids is 1. The number of hydrogen-bond donors (Lipinski definition) is 2. The summed E-state index contributed by atoms with van der Waals surface area (Å²) in [5, 5.41) is 15.2. The van der Waals surface area contributed by atoms with Crippen molar-refractivity contribution < 1.29 is 14.7 Å². The summed E-state index contributed by atoms with van der Waals surface area (Å²) < 4.78 is 1.58. The second-order valence-corrected chi connectivity index (χ2v) is 3.80. The molecule has 0 saturated carbocycles. The Kier molecular flexibility index (Phi) is 5.19. The normalized spacial score (nSPS) is 12.1. The number of amides is 1. The molecule has 1 aromatic rings. The Labute approximate surface area is 99.6 Å². The molecule has 17 heavy (non-hydrogen) atoms. The highest BCUT2D eigenvalue weighted by atomic mass is 16.4. The largest absolute Gasteiger partial charge is 0.481 e. The summed E-state index contributed by atoms with van der Waals surface area (Å²) in [6.45, 7) is 2.26. The van der Waals surface area contributed by atoms with Gasteiger partial charge in [-0.15, -0.1) is 0 Å². The van der Waals surface area contributed by atoms with Crippen molar-refractivity contribution in [2.24, 2.45) is 0 Å². The number of aromatic nitrogens is 2. The molecule has 0 aliphatic rings. The van der Waals surface area contributed by atoms with E-state index in [-0.39, 0.29) is 18.4 Å². The van der Waals surface area contributed by atoms with Crippen LogP contribution in [-0.2, 0) is 9.59 Å². The lowest BCUT2D eigenvalue weighted by Crippen LogP contribution is -2.31. The first-order valence-corrected chi connectivity index (χ1v) is 5.60. The SMILES string of the molecule is CC(C(=O)NCCCCC(=O)O)n1cccn1. The van der Waals surface area contributed by atoms with E-state index < -0.39 is 5.97 Å². The summed E-state index contributed by atoms with van der Waals surface area (Å²) >= 11 is 0. The van der Waals surface area contributed by atoms with Crippen LogP contribution in [0.3, 0.4) is 0 Å². The van der Waals surface area contributed by atoms with Crippen molar-refractivity contribution in [1.29, 1.82) is 0 Å². The van der Waals surface area contributed by atoms with Crippen LogP contribution in [0, 0.1) is 0 Å². The quantitative estimate of drug-likeness (QED) is 0.690. The van der Waals surface area contributed by atoms with Crippen LogP contribution in [-0.4, -0.2) is 33.3 Å². The second kappa shape index (κ2) is 6.67. The highest BCUT2D eigenvalue weighted by Gasteiger charge is 2.13. The van der Waals surface area contributed by atoms with Crippen LogP contribution in [0.2, 0.25) is 0 Å². The monoisotopic (exact) mass is 239 g/mol. The van der Waals surface area contributed by atoms with E-state index in [1.807, 2.05) is 0 Å². The van der Waals surface area contributed by atoms with Crippen molar-refractivity contribution in [1.82, 2.24) is 15.1 Å². The van der Waals surface area contributed by atoms with Gasteiger partial charge >= 0.3 is 5.97 Å². The van der Waals surface area contributed by atoms with Crippen molar-refractivity contribution in [2.45, 2.75) is 32.2 Å². The number of rotatable bonds is 7. The highest BCUT2D eigenvalue weighted by molar-refractivity contribution is 5.79. The van der Waals surface area contributed by atoms with E-state index >= 15 is 0 Å². The topological polar surface area (TPSA) is 84.2 Å². The number of hydrogen-bond acceptors (Lipinski definition) is 3. The summed E-state index contributed by atoms with van der Waals surface area (Å²) in [6.07, 6.45) is 4.74. The number of unbranched alkanes of at least 4 members (excludes halogenated alkanes) is 1. The first kappa shape index (κ1) is 13.2. The lowest BCUT2D eigenvalue weighted by atomic mass is 10.2. The molecule has 0 aliphatic carbocycles. The number of carboxylic acid groups (broad SMARTS) is 1. The first-order valence-electron chi connectivity index (χ1n) is 5.60. The third-order valence-corrected chi connectivity index (χ3v) is 2.42. The highest BCUT2D eigenvalue weighted by Crippen LogP contribution is 2.03. The third kappa shape index (κ3) is 4.67. The van der Waals surface area contributed by atoms with Gasteiger partial charge in [-0.1, -0.05) is 0 Å². The van der Waals surface area contributed by atoms with Crippen molar-refractivity contribution >= 4 is 11.9 Å². The maximum Gasteiger partial charge on any atom is 0.303 e. The minimum Gasteiger partial charge on any atom is -0.481 e. The van der Waals surface area contributed by atoms with Crippen molar-refractivity contribution in [3.63, 3.8) is 0 Å². The molecular formula is C11H17N3O3. The number of aliphatic carboxylic acids is 1. The van der Waals surface area contributed by atoms with Crippen molar-refractivity contribution in [3.8, 4) is 0 Å². The van der Waals surface area contributed by atoms with Gasteiger partial charge in [0.15, 0.2) is 0 Å². The van der Waals surface area contributed by atoms with Gasteiger partial charge in [0.05, 0.1) is 0 Å². The number of carboxylic acids is 1. The molecular weight excluding hydrogens is 222 g/mol. The minimum absolute atomic E-state index is 0.107. The molecule has 0 aromatic carbocycles. The Morgan fingerprint density at radius 2 is 2.24 bits per heavy atom. The van der Waals surface area contributed by atoms with Gasteiger partial charge in [0, 0.05) is 25.4 Å². The van der Waals surface area contributed by atoms with Gasteiger partial charge in [0.2, 0.25) is 5.91 Å². The van der Waals surface area contributed by atoms with Crippen LogP contribution >= 0.6 is 0 Å².